The van der Waals surface area contributed by atoms with Crippen molar-refractivity contribution in [2.45, 2.75) is 0 Å². The van der Waals surface area contributed by atoms with Crippen molar-refractivity contribution < 1.29 is 14.3 Å². The summed E-state index contributed by atoms with van der Waals surface area (Å²) in [4.78, 5) is 29.0. The van der Waals surface area contributed by atoms with Gasteiger partial charge in [0.2, 0.25) is 0 Å². The molecule has 128 valence electrons. The third-order valence-electron chi connectivity index (χ3n) is 3.21. The van der Waals surface area contributed by atoms with Crippen LogP contribution in [0.25, 0.3) is 9.88 Å². The van der Waals surface area contributed by atoms with Crippen molar-refractivity contribution >= 4 is 40.2 Å². The van der Waals surface area contributed by atoms with Crippen LogP contribution in [-0.2, 0) is 4.79 Å². The topological polar surface area (TPSA) is 80.3 Å². The van der Waals surface area contributed by atoms with E-state index < -0.39 is 0 Å². The number of rotatable bonds is 6. The lowest BCUT2D eigenvalue weighted by atomic mass is 10.3. The average Bonchev–Trinajstić information content (AvgIpc) is 3.31. The minimum Gasteiger partial charge on any atom is -0.484 e. The summed E-state index contributed by atoms with van der Waals surface area (Å²) in [5.41, 5.74) is 0.940. The number of aromatic nitrogens is 1. The summed E-state index contributed by atoms with van der Waals surface area (Å²) in [6.07, 6.45) is 0. The van der Waals surface area contributed by atoms with E-state index in [0.717, 1.165) is 9.88 Å². The molecule has 1 aromatic carbocycles. The molecule has 0 fully saturated rings. The Bertz CT molecular complexity index is 875. The molecule has 0 unspecified atom stereocenters. The molecule has 0 bridgehead atoms. The van der Waals surface area contributed by atoms with Gasteiger partial charge in [-0.3, -0.25) is 9.59 Å². The highest BCUT2D eigenvalue weighted by Crippen LogP contribution is 2.28. The lowest BCUT2D eigenvalue weighted by Gasteiger charge is -2.08. The van der Waals surface area contributed by atoms with Gasteiger partial charge < -0.3 is 15.4 Å². The van der Waals surface area contributed by atoms with Gasteiger partial charge in [0.25, 0.3) is 11.8 Å². The zero-order valence-electron chi connectivity index (χ0n) is 13.3. The number of nitrogens with one attached hydrogen (secondary N) is 2. The Balaban J connectivity index is 1.66. The van der Waals surface area contributed by atoms with Crippen LogP contribution in [0.3, 0.4) is 0 Å². The number of carbonyl (C=O) groups excluding carboxylic acids is 2. The van der Waals surface area contributed by atoms with E-state index in [2.05, 4.69) is 15.6 Å². The number of carbonyl (C=O) groups is 2. The zero-order chi connectivity index (χ0) is 17.6. The molecule has 0 saturated heterocycles. The number of thiazole rings is 1. The summed E-state index contributed by atoms with van der Waals surface area (Å²) < 4.78 is 5.36. The minimum atomic E-state index is -0.289. The number of likely N-dealkylation sites (N-methyl/N-ethyl adjacent to an activating group) is 1. The second-order valence-corrected chi connectivity index (χ2v) is 6.76. The van der Waals surface area contributed by atoms with Crippen molar-refractivity contribution in [1.29, 1.82) is 0 Å². The maximum atomic E-state index is 12.4. The molecule has 3 rings (SSSR count). The number of benzene rings is 1. The Kier molecular flexibility index (Phi) is 5.42. The van der Waals surface area contributed by atoms with Crippen molar-refractivity contribution in [3.8, 4) is 15.6 Å². The number of ether oxygens (including phenoxy) is 1. The third-order valence-corrected chi connectivity index (χ3v) is 5.09. The normalized spacial score (nSPS) is 10.3. The standard InChI is InChI=1S/C17H15N3O3S2/c1-18-15(21)9-23-12-5-2-4-11(8-12)19-16(22)13-10-25-17(20-13)14-6-3-7-24-14/h2-8,10H,9H2,1H3,(H,18,21)(H,19,22). The van der Waals surface area contributed by atoms with Gasteiger partial charge in [0.1, 0.15) is 16.5 Å². The fourth-order valence-electron chi connectivity index (χ4n) is 1.97. The first-order valence-electron chi connectivity index (χ1n) is 7.40. The molecular formula is C17H15N3O3S2. The first-order valence-corrected chi connectivity index (χ1v) is 9.16. The summed E-state index contributed by atoms with van der Waals surface area (Å²) in [5, 5.41) is 9.79. The van der Waals surface area contributed by atoms with Gasteiger partial charge in [-0.05, 0) is 23.6 Å². The lowest BCUT2D eigenvalue weighted by Crippen LogP contribution is -2.24. The van der Waals surface area contributed by atoms with E-state index >= 15 is 0 Å². The van der Waals surface area contributed by atoms with Gasteiger partial charge >= 0.3 is 0 Å². The van der Waals surface area contributed by atoms with E-state index in [0.29, 0.717) is 17.1 Å². The van der Waals surface area contributed by atoms with Gasteiger partial charge in [0.15, 0.2) is 6.61 Å². The maximum Gasteiger partial charge on any atom is 0.275 e. The Morgan fingerprint density at radius 1 is 1.20 bits per heavy atom. The van der Waals surface area contributed by atoms with Crippen LogP contribution >= 0.6 is 22.7 Å². The molecule has 2 N–H and O–H groups in total. The second-order valence-electron chi connectivity index (χ2n) is 4.96. The highest BCUT2D eigenvalue weighted by atomic mass is 32.1. The number of hydrogen-bond acceptors (Lipinski definition) is 6. The van der Waals surface area contributed by atoms with Crippen LogP contribution in [0.1, 0.15) is 10.5 Å². The predicted octanol–water partition coefficient (Wildman–Crippen LogP) is 3.25. The van der Waals surface area contributed by atoms with Crippen molar-refractivity contribution in [3.05, 3.63) is 52.9 Å². The van der Waals surface area contributed by atoms with Gasteiger partial charge in [0, 0.05) is 24.2 Å². The van der Waals surface area contributed by atoms with Crippen LogP contribution in [0.4, 0.5) is 5.69 Å². The van der Waals surface area contributed by atoms with Crippen molar-refractivity contribution in [2.24, 2.45) is 0 Å². The molecule has 3 aromatic rings. The van der Waals surface area contributed by atoms with Crippen LogP contribution in [-0.4, -0.2) is 30.5 Å². The summed E-state index contributed by atoms with van der Waals surface area (Å²) in [7, 11) is 1.54. The quantitative estimate of drug-likeness (QED) is 0.695. The first-order chi connectivity index (χ1) is 12.2. The van der Waals surface area contributed by atoms with Crippen molar-refractivity contribution in [3.63, 3.8) is 0 Å². The Morgan fingerprint density at radius 3 is 2.84 bits per heavy atom. The SMILES string of the molecule is CNC(=O)COc1cccc(NC(=O)c2csc(-c3cccs3)n2)c1. The summed E-state index contributed by atoms with van der Waals surface area (Å²) >= 11 is 3.02. The van der Waals surface area contributed by atoms with Crippen LogP contribution in [0, 0.1) is 0 Å². The highest BCUT2D eigenvalue weighted by molar-refractivity contribution is 7.20. The lowest BCUT2D eigenvalue weighted by molar-refractivity contribution is -0.122. The number of hydrogen-bond donors (Lipinski definition) is 2. The maximum absolute atomic E-state index is 12.4. The molecule has 8 heteroatoms. The van der Waals surface area contributed by atoms with Gasteiger partial charge in [0.05, 0.1) is 4.88 Å². The molecule has 0 aliphatic heterocycles. The molecule has 0 aliphatic carbocycles. The van der Waals surface area contributed by atoms with Crippen LogP contribution in [0.15, 0.2) is 47.2 Å². The molecule has 2 heterocycles. The molecule has 0 spiro atoms. The molecule has 6 nitrogen and oxygen atoms in total. The Morgan fingerprint density at radius 2 is 2.08 bits per heavy atom. The number of nitrogens with zero attached hydrogens (tertiary/aromatic N) is 1. The fraction of sp³-hybridized carbons (Fsp3) is 0.118. The van der Waals surface area contributed by atoms with Crippen LogP contribution < -0.4 is 15.4 Å². The van der Waals surface area contributed by atoms with Gasteiger partial charge in [-0.2, -0.15) is 0 Å². The van der Waals surface area contributed by atoms with E-state index in [1.165, 1.54) is 11.3 Å². The van der Waals surface area contributed by atoms with E-state index in [1.807, 2.05) is 17.5 Å². The highest BCUT2D eigenvalue weighted by Gasteiger charge is 2.13. The number of anilines is 1. The molecule has 0 aliphatic rings. The molecule has 2 amide bonds. The number of amides is 2. The minimum absolute atomic E-state index is 0.0792. The van der Waals surface area contributed by atoms with Gasteiger partial charge in [-0.25, -0.2) is 4.98 Å². The smallest absolute Gasteiger partial charge is 0.275 e. The van der Waals surface area contributed by atoms with Gasteiger partial charge in [-0.15, -0.1) is 22.7 Å². The average molecular weight is 373 g/mol. The largest absolute Gasteiger partial charge is 0.484 e. The van der Waals surface area contributed by atoms with E-state index in [1.54, 1.807) is 48.0 Å². The van der Waals surface area contributed by atoms with Crippen LogP contribution in [0.2, 0.25) is 0 Å². The summed E-state index contributed by atoms with van der Waals surface area (Å²) in [6.45, 7) is -0.0792. The molecule has 0 saturated carbocycles. The molecule has 0 atom stereocenters. The molecule has 25 heavy (non-hydrogen) atoms. The predicted molar refractivity (Wildman–Crippen MR) is 99.4 cm³/mol. The molecule has 0 radical (unpaired) electrons. The first kappa shape index (κ1) is 17.1. The molecular weight excluding hydrogens is 358 g/mol. The van der Waals surface area contributed by atoms with E-state index in [-0.39, 0.29) is 18.4 Å². The summed E-state index contributed by atoms with van der Waals surface area (Å²) in [5.74, 6) is -0.0144. The monoisotopic (exact) mass is 373 g/mol. The van der Waals surface area contributed by atoms with E-state index in [4.69, 9.17) is 4.74 Å². The van der Waals surface area contributed by atoms with E-state index in [9.17, 15) is 9.59 Å². The Hall–Kier alpha value is -2.71. The summed E-state index contributed by atoms with van der Waals surface area (Å²) in [6, 6.07) is 10.8. The van der Waals surface area contributed by atoms with Crippen molar-refractivity contribution in [2.75, 3.05) is 19.0 Å². The Labute approximate surface area is 152 Å². The fourth-order valence-corrected chi connectivity index (χ4v) is 3.59. The van der Waals surface area contributed by atoms with Crippen molar-refractivity contribution in [1.82, 2.24) is 10.3 Å². The second kappa shape index (κ2) is 7.91. The third kappa shape index (κ3) is 4.43. The van der Waals surface area contributed by atoms with Crippen LogP contribution in [0.5, 0.6) is 5.75 Å². The van der Waals surface area contributed by atoms with Gasteiger partial charge in [-0.1, -0.05) is 12.1 Å². The molecule has 2 aromatic heterocycles. The zero-order valence-corrected chi connectivity index (χ0v) is 14.9. The number of thiophene rings is 1.